The summed E-state index contributed by atoms with van der Waals surface area (Å²) in [5.41, 5.74) is 3.81. The number of oxazole rings is 1. The summed E-state index contributed by atoms with van der Waals surface area (Å²) in [5.74, 6) is 0. The van der Waals surface area contributed by atoms with Crippen LogP contribution in [0.5, 0.6) is 0 Å². The molecule has 2 amide bonds. The van der Waals surface area contributed by atoms with Gasteiger partial charge in [-0.3, -0.25) is 9.88 Å². The van der Waals surface area contributed by atoms with Gasteiger partial charge < -0.3 is 15.1 Å². The number of aromatic nitrogens is 2. The number of amides is 2. The van der Waals surface area contributed by atoms with Crippen molar-refractivity contribution in [1.82, 2.24) is 9.97 Å². The number of carbonyl (C=O) groups excluding carboxylic acids is 1. The highest BCUT2D eigenvalue weighted by molar-refractivity contribution is 6.30. The quantitative estimate of drug-likeness (QED) is 0.405. The molecule has 0 spiro atoms. The summed E-state index contributed by atoms with van der Waals surface area (Å²) >= 11 is 5.88. The molecule has 0 bridgehead atoms. The minimum absolute atomic E-state index is 0.365. The molecule has 0 saturated carbocycles. The van der Waals surface area contributed by atoms with Crippen LogP contribution < -0.4 is 15.5 Å². The molecule has 8 heteroatoms. The normalized spacial score (nSPS) is 10.5. The fraction of sp³-hybridized carbons (Fsp3) is 0.0455. The summed E-state index contributed by atoms with van der Waals surface area (Å²) in [6.45, 7) is 1.97. The lowest BCUT2D eigenvalue weighted by molar-refractivity contribution is 0.262. The molecule has 0 saturated heterocycles. The van der Waals surface area contributed by atoms with E-state index in [4.69, 9.17) is 16.0 Å². The summed E-state index contributed by atoms with van der Waals surface area (Å²) < 4.78 is 5.55. The first-order valence-corrected chi connectivity index (χ1v) is 9.52. The van der Waals surface area contributed by atoms with Gasteiger partial charge in [-0.05, 0) is 61.0 Å². The van der Waals surface area contributed by atoms with Gasteiger partial charge in [-0.25, -0.2) is 9.78 Å². The molecule has 0 aliphatic rings. The van der Waals surface area contributed by atoms with Crippen molar-refractivity contribution in [2.24, 2.45) is 0 Å². The Bertz CT molecular complexity index is 1130. The zero-order valence-electron chi connectivity index (χ0n) is 16.0. The lowest BCUT2D eigenvalue weighted by Crippen LogP contribution is -2.20. The number of rotatable bonds is 5. The van der Waals surface area contributed by atoms with Crippen LogP contribution in [0.15, 0.2) is 83.9 Å². The molecule has 0 aliphatic carbocycles. The summed E-state index contributed by atoms with van der Waals surface area (Å²) in [6, 6.07) is 16.3. The number of hydrogen-bond donors (Lipinski definition) is 2. The second kappa shape index (κ2) is 8.67. The molecular weight excluding hydrogens is 402 g/mol. The number of nitrogens with zero attached hydrogens (tertiary/aromatic N) is 3. The van der Waals surface area contributed by atoms with E-state index in [0.29, 0.717) is 22.4 Å². The van der Waals surface area contributed by atoms with Crippen LogP contribution >= 0.6 is 11.6 Å². The SMILES string of the molecule is Cc1ccc(NC(=O)Nc2ccc(Cl)cc2)cc1N(c1cccnc1)c1ncco1. The second-order valence-electron chi connectivity index (χ2n) is 6.45. The highest BCUT2D eigenvalue weighted by Gasteiger charge is 2.19. The molecule has 30 heavy (non-hydrogen) atoms. The van der Waals surface area contributed by atoms with Crippen LogP contribution in [0.3, 0.4) is 0 Å². The molecule has 150 valence electrons. The predicted octanol–water partition coefficient (Wildman–Crippen LogP) is 6.15. The predicted molar refractivity (Wildman–Crippen MR) is 118 cm³/mol. The van der Waals surface area contributed by atoms with Crippen molar-refractivity contribution in [3.05, 3.63) is 90.0 Å². The Labute approximate surface area is 178 Å². The fourth-order valence-electron chi connectivity index (χ4n) is 2.92. The Hall–Kier alpha value is -3.84. The van der Waals surface area contributed by atoms with Gasteiger partial charge in [0.25, 0.3) is 0 Å². The van der Waals surface area contributed by atoms with Gasteiger partial charge in [0.15, 0.2) is 0 Å². The number of nitrogens with one attached hydrogen (secondary N) is 2. The molecule has 0 fully saturated rings. The van der Waals surface area contributed by atoms with E-state index < -0.39 is 0 Å². The number of carbonyl (C=O) groups is 1. The average molecular weight is 420 g/mol. The summed E-state index contributed by atoms with van der Waals surface area (Å²) in [5, 5.41) is 6.23. The first-order chi connectivity index (χ1) is 14.6. The number of urea groups is 1. The number of hydrogen-bond acceptors (Lipinski definition) is 5. The van der Waals surface area contributed by atoms with E-state index in [-0.39, 0.29) is 6.03 Å². The monoisotopic (exact) mass is 419 g/mol. The summed E-state index contributed by atoms with van der Waals surface area (Å²) in [4.78, 5) is 22.7. The van der Waals surface area contributed by atoms with Crippen LogP contribution in [-0.4, -0.2) is 16.0 Å². The number of benzene rings is 2. The maximum absolute atomic E-state index is 12.4. The maximum atomic E-state index is 12.4. The van der Waals surface area contributed by atoms with Crippen LogP contribution in [0, 0.1) is 6.92 Å². The van der Waals surface area contributed by atoms with Crippen LogP contribution in [0.2, 0.25) is 5.02 Å². The van der Waals surface area contributed by atoms with Gasteiger partial charge in [-0.15, -0.1) is 0 Å². The first-order valence-electron chi connectivity index (χ1n) is 9.14. The van der Waals surface area contributed by atoms with E-state index in [1.54, 1.807) is 42.9 Å². The molecule has 2 N–H and O–H groups in total. The van der Waals surface area contributed by atoms with Gasteiger partial charge in [0.05, 0.1) is 23.8 Å². The van der Waals surface area contributed by atoms with Crippen molar-refractivity contribution < 1.29 is 9.21 Å². The van der Waals surface area contributed by atoms with Crippen LogP contribution in [0.25, 0.3) is 0 Å². The van der Waals surface area contributed by atoms with E-state index in [9.17, 15) is 4.79 Å². The summed E-state index contributed by atoms with van der Waals surface area (Å²) in [6.07, 6.45) is 6.51. The molecule has 2 heterocycles. The maximum Gasteiger partial charge on any atom is 0.323 e. The molecular formula is C22H18ClN5O2. The highest BCUT2D eigenvalue weighted by Crippen LogP contribution is 2.36. The van der Waals surface area contributed by atoms with Crippen LogP contribution in [-0.2, 0) is 0 Å². The molecule has 2 aromatic heterocycles. The third-order valence-electron chi connectivity index (χ3n) is 4.32. The van der Waals surface area contributed by atoms with E-state index >= 15 is 0 Å². The number of anilines is 5. The zero-order chi connectivity index (χ0) is 20.9. The topological polar surface area (TPSA) is 83.3 Å². The lowest BCUT2D eigenvalue weighted by Gasteiger charge is -2.23. The van der Waals surface area contributed by atoms with Crippen molar-refractivity contribution in [3.8, 4) is 0 Å². The Morgan fingerprint density at radius 3 is 2.50 bits per heavy atom. The highest BCUT2D eigenvalue weighted by atomic mass is 35.5. The number of aryl methyl sites for hydroxylation is 1. The fourth-order valence-corrected chi connectivity index (χ4v) is 3.05. The third-order valence-corrected chi connectivity index (χ3v) is 4.58. The van der Waals surface area contributed by atoms with Gasteiger partial charge in [-0.2, -0.15) is 0 Å². The van der Waals surface area contributed by atoms with Gasteiger partial charge in [0, 0.05) is 22.6 Å². The van der Waals surface area contributed by atoms with E-state index in [2.05, 4.69) is 20.6 Å². The number of halogens is 1. The van der Waals surface area contributed by atoms with E-state index in [1.165, 1.54) is 6.26 Å². The molecule has 0 radical (unpaired) electrons. The Morgan fingerprint density at radius 2 is 1.80 bits per heavy atom. The van der Waals surface area contributed by atoms with Crippen LogP contribution in [0.1, 0.15) is 5.56 Å². The van der Waals surface area contributed by atoms with Crippen molar-refractivity contribution in [1.29, 1.82) is 0 Å². The Morgan fingerprint density at radius 1 is 1.03 bits per heavy atom. The largest absolute Gasteiger partial charge is 0.432 e. The molecule has 0 aliphatic heterocycles. The smallest absolute Gasteiger partial charge is 0.323 e. The molecule has 2 aromatic carbocycles. The van der Waals surface area contributed by atoms with Gasteiger partial charge >= 0.3 is 12.0 Å². The zero-order valence-corrected chi connectivity index (χ0v) is 16.8. The molecule has 4 aromatic rings. The van der Waals surface area contributed by atoms with Crippen molar-refractivity contribution in [2.75, 3.05) is 15.5 Å². The molecule has 0 unspecified atom stereocenters. The first kappa shape index (κ1) is 19.5. The van der Waals surface area contributed by atoms with Crippen LogP contribution in [0.4, 0.5) is 33.6 Å². The van der Waals surface area contributed by atoms with Gasteiger partial charge in [0.2, 0.25) is 0 Å². The summed E-state index contributed by atoms with van der Waals surface area (Å²) in [7, 11) is 0. The van der Waals surface area contributed by atoms with Crippen molar-refractivity contribution in [3.63, 3.8) is 0 Å². The van der Waals surface area contributed by atoms with E-state index in [0.717, 1.165) is 16.9 Å². The Kier molecular flexibility index (Phi) is 5.63. The third kappa shape index (κ3) is 4.42. The molecule has 4 rings (SSSR count). The van der Waals surface area contributed by atoms with Crippen molar-refractivity contribution >= 4 is 46.4 Å². The lowest BCUT2D eigenvalue weighted by atomic mass is 10.1. The van der Waals surface area contributed by atoms with E-state index in [1.807, 2.05) is 42.2 Å². The van der Waals surface area contributed by atoms with Gasteiger partial charge in [-0.1, -0.05) is 17.7 Å². The molecule has 7 nitrogen and oxygen atoms in total. The van der Waals surface area contributed by atoms with Crippen molar-refractivity contribution in [2.45, 2.75) is 6.92 Å². The minimum Gasteiger partial charge on any atom is -0.432 e. The minimum atomic E-state index is -0.365. The Balaban J connectivity index is 1.61. The number of pyridine rings is 1. The van der Waals surface area contributed by atoms with Gasteiger partial charge in [0.1, 0.15) is 6.26 Å². The second-order valence-corrected chi connectivity index (χ2v) is 6.89. The average Bonchev–Trinajstić information content (AvgIpc) is 3.27. The molecule has 0 atom stereocenters. The standard InChI is InChI=1S/C22H18ClN5O2/c1-15-4-7-18(27-21(29)26-17-8-5-16(23)6-9-17)13-20(15)28(22-25-11-12-30-22)19-3-2-10-24-14-19/h2-14H,1H3,(H2,26,27,29).